The van der Waals surface area contributed by atoms with Crippen molar-refractivity contribution in [1.82, 2.24) is 4.98 Å². The average molecular weight is 296 g/mol. The van der Waals surface area contributed by atoms with Crippen LogP contribution in [0.2, 0.25) is 0 Å². The monoisotopic (exact) mass is 295 g/mol. The average Bonchev–Trinajstić information content (AvgIpc) is 2.19. The summed E-state index contributed by atoms with van der Waals surface area (Å²) in [5.41, 5.74) is -0.593. The first-order valence-electron chi connectivity index (χ1n) is 4.23. The van der Waals surface area contributed by atoms with Crippen LogP contribution < -0.4 is 0 Å². The second-order valence-electron chi connectivity index (χ2n) is 3.01. The Morgan fingerprint density at radius 1 is 1.56 bits per heavy atom. The highest BCUT2D eigenvalue weighted by molar-refractivity contribution is 9.08. The summed E-state index contributed by atoms with van der Waals surface area (Å²) >= 11 is 3.03. The van der Waals surface area contributed by atoms with Crippen LogP contribution in [0.15, 0.2) is 6.07 Å². The highest BCUT2D eigenvalue weighted by Crippen LogP contribution is 2.30. The summed E-state index contributed by atoms with van der Waals surface area (Å²) in [5, 5.41) is 18.2. The van der Waals surface area contributed by atoms with Gasteiger partial charge in [-0.25, -0.2) is 13.8 Å². The molecule has 1 rings (SSSR count). The van der Waals surface area contributed by atoms with Crippen molar-refractivity contribution < 1.29 is 23.8 Å². The zero-order chi connectivity index (χ0) is 12.3. The zero-order valence-electron chi connectivity index (χ0n) is 7.95. The molecule has 1 heterocycles. The molecule has 7 heteroatoms. The zero-order valence-corrected chi connectivity index (χ0v) is 9.54. The SMILES string of the molecule is O=C(O)Cc1cc(CBr)nc(C(F)F)c1O. The van der Waals surface area contributed by atoms with E-state index in [2.05, 4.69) is 20.9 Å². The van der Waals surface area contributed by atoms with Crippen LogP contribution in [0.25, 0.3) is 0 Å². The lowest BCUT2D eigenvalue weighted by atomic mass is 10.1. The lowest BCUT2D eigenvalue weighted by molar-refractivity contribution is -0.136. The molecule has 1 aromatic heterocycles. The molecule has 16 heavy (non-hydrogen) atoms. The highest BCUT2D eigenvalue weighted by Gasteiger charge is 2.20. The van der Waals surface area contributed by atoms with Gasteiger partial charge in [0.05, 0.1) is 12.1 Å². The Balaban J connectivity index is 3.25. The summed E-state index contributed by atoms with van der Waals surface area (Å²) < 4.78 is 25.0. The Morgan fingerprint density at radius 2 is 2.19 bits per heavy atom. The molecule has 0 amide bonds. The Hall–Kier alpha value is -1.24. The van der Waals surface area contributed by atoms with E-state index in [0.29, 0.717) is 0 Å². The predicted octanol–water partition coefficient (Wildman–Crippen LogP) is 2.25. The minimum Gasteiger partial charge on any atom is -0.506 e. The smallest absolute Gasteiger partial charge is 0.307 e. The maximum absolute atomic E-state index is 12.5. The molecule has 4 nitrogen and oxygen atoms in total. The van der Waals surface area contributed by atoms with Crippen LogP contribution in [0, 0.1) is 0 Å². The number of aromatic nitrogens is 1. The summed E-state index contributed by atoms with van der Waals surface area (Å²) in [6.45, 7) is 0. The number of carbonyl (C=O) groups is 1. The van der Waals surface area contributed by atoms with Crippen molar-refractivity contribution in [3.63, 3.8) is 0 Å². The highest BCUT2D eigenvalue weighted by atomic mass is 79.9. The van der Waals surface area contributed by atoms with Gasteiger partial charge in [-0.1, -0.05) is 15.9 Å². The van der Waals surface area contributed by atoms with Gasteiger partial charge in [0.1, 0.15) is 11.4 Å². The number of hydrogen-bond acceptors (Lipinski definition) is 3. The van der Waals surface area contributed by atoms with Gasteiger partial charge in [0, 0.05) is 10.9 Å². The van der Waals surface area contributed by atoms with Gasteiger partial charge >= 0.3 is 5.97 Å². The Morgan fingerprint density at radius 3 is 2.62 bits per heavy atom. The number of hydrogen-bond donors (Lipinski definition) is 2. The second kappa shape index (κ2) is 5.20. The molecule has 0 atom stereocenters. The van der Waals surface area contributed by atoms with E-state index in [1.54, 1.807) is 0 Å². The number of alkyl halides is 3. The van der Waals surface area contributed by atoms with Crippen LogP contribution in [-0.4, -0.2) is 21.2 Å². The number of pyridine rings is 1. The molecule has 0 aliphatic carbocycles. The summed E-state index contributed by atoms with van der Waals surface area (Å²) in [4.78, 5) is 14.0. The van der Waals surface area contributed by atoms with E-state index in [1.807, 2.05) is 0 Å². The largest absolute Gasteiger partial charge is 0.506 e. The number of halogens is 3. The minimum absolute atomic E-state index is 0.0627. The van der Waals surface area contributed by atoms with E-state index < -0.39 is 30.3 Å². The van der Waals surface area contributed by atoms with E-state index in [-0.39, 0.29) is 16.6 Å². The third kappa shape index (κ3) is 2.88. The lowest BCUT2D eigenvalue weighted by Gasteiger charge is -2.09. The normalized spacial score (nSPS) is 10.8. The van der Waals surface area contributed by atoms with Gasteiger partial charge < -0.3 is 10.2 Å². The number of carboxylic acid groups (broad SMARTS) is 1. The number of aliphatic carboxylic acids is 1. The fourth-order valence-corrected chi connectivity index (χ4v) is 1.48. The van der Waals surface area contributed by atoms with Crippen molar-refractivity contribution >= 4 is 21.9 Å². The van der Waals surface area contributed by atoms with Crippen LogP contribution in [0.4, 0.5) is 8.78 Å². The first-order valence-corrected chi connectivity index (χ1v) is 5.35. The van der Waals surface area contributed by atoms with E-state index in [9.17, 15) is 18.7 Å². The van der Waals surface area contributed by atoms with Gasteiger partial charge in [0.25, 0.3) is 6.43 Å². The number of carboxylic acids is 1. The molecular weight excluding hydrogens is 288 g/mol. The van der Waals surface area contributed by atoms with E-state index in [1.165, 1.54) is 6.07 Å². The van der Waals surface area contributed by atoms with Crippen LogP contribution in [0.5, 0.6) is 5.75 Å². The van der Waals surface area contributed by atoms with E-state index in [0.717, 1.165) is 0 Å². The van der Waals surface area contributed by atoms with Gasteiger partial charge in [0.2, 0.25) is 0 Å². The summed E-state index contributed by atoms with van der Waals surface area (Å²) in [6, 6.07) is 1.28. The molecule has 0 radical (unpaired) electrons. The summed E-state index contributed by atoms with van der Waals surface area (Å²) in [6.07, 6.45) is -3.46. The summed E-state index contributed by atoms with van der Waals surface area (Å²) in [7, 11) is 0. The first-order chi connectivity index (χ1) is 7.45. The van der Waals surface area contributed by atoms with Crippen LogP contribution in [0.3, 0.4) is 0 Å². The minimum atomic E-state index is -2.94. The predicted molar refractivity (Wildman–Crippen MR) is 54.8 cm³/mol. The molecule has 0 aromatic carbocycles. The molecule has 0 aliphatic rings. The molecule has 1 aromatic rings. The molecule has 88 valence electrons. The first kappa shape index (κ1) is 12.8. The van der Waals surface area contributed by atoms with Gasteiger partial charge in [-0.3, -0.25) is 4.79 Å². The Bertz CT molecular complexity index is 412. The van der Waals surface area contributed by atoms with Crippen LogP contribution >= 0.6 is 15.9 Å². The van der Waals surface area contributed by atoms with Crippen molar-refractivity contribution in [2.45, 2.75) is 18.2 Å². The summed E-state index contributed by atoms with van der Waals surface area (Å²) in [5.74, 6) is -1.95. The van der Waals surface area contributed by atoms with Crippen molar-refractivity contribution in [3.05, 3.63) is 23.0 Å². The van der Waals surface area contributed by atoms with Gasteiger partial charge in [-0.2, -0.15) is 0 Å². The molecule has 0 aliphatic heterocycles. The Labute approximate surface area is 98.1 Å². The Kier molecular flexibility index (Phi) is 4.17. The topological polar surface area (TPSA) is 70.4 Å². The maximum Gasteiger partial charge on any atom is 0.307 e. The van der Waals surface area contributed by atoms with Crippen molar-refractivity contribution in [3.8, 4) is 5.75 Å². The van der Waals surface area contributed by atoms with Crippen LogP contribution in [-0.2, 0) is 16.5 Å². The second-order valence-corrected chi connectivity index (χ2v) is 3.57. The molecule has 0 bridgehead atoms. The van der Waals surface area contributed by atoms with Crippen molar-refractivity contribution in [2.75, 3.05) is 0 Å². The molecule has 0 unspecified atom stereocenters. The lowest BCUT2D eigenvalue weighted by Crippen LogP contribution is -2.05. The quantitative estimate of drug-likeness (QED) is 0.836. The molecule has 0 fully saturated rings. The number of rotatable bonds is 4. The van der Waals surface area contributed by atoms with Gasteiger partial charge in [0.15, 0.2) is 0 Å². The van der Waals surface area contributed by atoms with Crippen LogP contribution in [0.1, 0.15) is 23.4 Å². The van der Waals surface area contributed by atoms with E-state index >= 15 is 0 Å². The maximum atomic E-state index is 12.5. The van der Waals surface area contributed by atoms with Crippen molar-refractivity contribution in [2.24, 2.45) is 0 Å². The molecule has 0 saturated carbocycles. The standard InChI is InChI=1S/C9H8BrF2NO3/c10-3-5-1-4(2-6(14)15)8(16)7(13-5)9(11)12/h1,9,16H,2-3H2,(H,14,15). The van der Waals surface area contributed by atoms with Gasteiger partial charge in [-0.05, 0) is 6.07 Å². The van der Waals surface area contributed by atoms with Crippen molar-refractivity contribution in [1.29, 1.82) is 0 Å². The third-order valence-corrected chi connectivity index (χ3v) is 2.41. The molecule has 2 N–H and O–H groups in total. The molecule has 0 spiro atoms. The fourth-order valence-electron chi connectivity index (χ4n) is 1.19. The molecular formula is C9H8BrF2NO3. The number of nitrogens with zero attached hydrogens (tertiary/aromatic N) is 1. The number of aromatic hydroxyl groups is 1. The fraction of sp³-hybridized carbons (Fsp3) is 0.333. The molecule has 0 saturated heterocycles. The van der Waals surface area contributed by atoms with Gasteiger partial charge in [-0.15, -0.1) is 0 Å². The van der Waals surface area contributed by atoms with E-state index in [4.69, 9.17) is 5.11 Å². The third-order valence-electron chi connectivity index (χ3n) is 1.84.